The molecule has 2 unspecified atom stereocenters. The Labute approximate surface area is 128 Å². The third-order valence-corrected chi connectivity index (χ3v) is 3.95. The van der Waals surface area contributed by atoms with Gasteiger partial charge in [0, 0.05) is 13.1 Å². The van der Waals surface area contributed by atoms with Gasteiger partial charge in [0.25, 0.3) is 0 Å². The molecule has 0 amide bonds. The summed E-state index contributed by atoms with van der Waals surface area (Å²) in [5.74, 6) is 0.960. The zero-order valence-corrected chi connectivity index (χ0v) is 12.6. The second-order valence-corrected chi connectivity index (χ2v) is 5.66. The maximum atomic E-state index is 12.5. The van der Waals surface area contributed by atoms with Crippen molar-refractivity contribution in [3.8, 4) is 5.75 Å². The molecule has 6 heteroatoms. The average molecular weight is 317 g/mol. The standard InChI is InChI=1S/C16H22F3NO2/c1-2-22-14-7-3-5-12(9-14)13-6-4-8-20(10-13)11-15(21)16(17,18)19/h3,5,7,9,13,15,21H,2,4,6,8,10-11H2,1H3. The van der Waals surface area contributed by atoms with E-state index >= 15 is 0 Å². The number of ether oxygens (including phenoxy) is 1. The lowest BCUT2D eigenvalue weighted by Gasteiger charge is -2.34. The minimum absolute atomic E-state index is 0.176. The van der Waals surface area contributed by atoms with E-state index in [-0.39, 0.29) is 12.5 Å². The van der Waals surface area contributed by atoms with Crippen LogP contribution in [0.15, 0.2) is 24.3 Å². The molecule has 1 aromatic rings. The number of alkyl halides is 3. The largest absolute Gasteiger partial charge is 0.494 e. The van der Waals surface area contributed by atoms with Crippen molar-refractivity contribution < 1.29 is 23.0 Å². The summed E-state index contributed by atoms with van der Waals surface area (Å²) in [5, 5.41) is 9.22. The summed E-state index contributed by atoms with van der Waals surface area (Å²) in [5.41, 5.74) is 1.08. The molecule has 1 aromatic carbocycles. The summed E-state index contributed by atoms with van der Waals surface area (Å²) in [7, 11) is 0. The minimum atomic E-state index is -4.55. The molecule has 22 heavy (non-hydrogen) atoms. The fraction of sp³-hybridized carbons (Fsp3) is 0.625. The molecule has 0 aliphatic carbocycles. The van der Waals surface area contributed by atoms with E-state index in [4.69, 9.17) is 4.74 Å². The summed E-state index contributed by atoms with van der Waals surface area (Å²) in [6, 6.07) is 7.72. The molecule has 2 rings (SSSR count). The van der Waals surface area contributed by atoms with Crippen LogP contribution in [-0.4, -0.2) is 48.5 Å². The molecule has 3 nitrogen and oxygen atoms in total. The van der Waals surface area contributed by atoms with E-state index < -0.39 is 12.3 Å². The highest BCUT2D eigenvalue weighted by atomic mass is 19.4. The van der Waals surface area contributed by atoms with Gasteiger partial charge >= 0.3 is 6.18 Å². The van der Waals surface area contributed by atoms with E-state index in [1.807, 2.05) is 31.2 Å². The Morgan fingerprint density at radius 1 is 1.41 bits per heavy atom. The Hall–Kier alpha value is -1.27. The van der Waals surface area contributed by atoms with Crippen LogP contribution in [0.4, 0.5) is 13.2 Å². The zero-order valence-electron chi connectivity index (χ0n) is 12.6. The highest BCUT2D eigenvalue weighted by Gasteiger charge is 2.39. The van der Waals surface area contributed by atoms with Gasteiger partial charge in [0.15, 0.2) is 6.10 Å². The van der Waals surface area contributed by atoms with Crippen LogP contribution in [0.5, 0.6) is 5.75 Å². The fourth-order valence-corrected chi connectivity index (χ4v) is 2.87. The van der Waals surface area contributed by atoms with Crippen molar-refractivity contribution in [1.29, 1.82) is 0 Å². The molecule has 0 radical (unpaired) electrons. The Kier molecular flexibility index (Phi) is 5.69. The molecule has 1 N–H and O–H groups in total. The third kappa shape index (κ3) is 4.61. The van der Waals surface area contributed by atoms with Gasteiger partial charge in [0.1, 0.15) is 5.75 Å². The number of aliphatic hydroxyl groups is 1. The Morgan fingerprint density at radius 3 is 2.86 bits per heavy atom. The molecule has 0 saturated carbocycles. The zero-order chi connectivity index (χ0) is 16.2. The normalized spacial score (nSPS) is 21.6. The Bertz CT molecular complexity index is 479. The van der Waals surface area contributed by atoms with Crippen molar-refractivity contribution in [3.63, 3.8) is 0 Å². The number of nitrogens with zero attached hydrogens (tertiary/aromatic N) is 1. The second-order valence-electron chi connectivity index (χ2n) is 5.66. The SMILES string of the molecule is CCOc1cccc(C2CCCN(CC(O)C(F)(F)F)C2)c1. The number of aliphatic hydroxyl groups excluding tert-OH is 1. The van der Waals surface area contributed by atoms with Crippen LogP contribution in [0.3, 0.4) is 0 Å². The van der Waals surface area contributed by atoms with Crippen LogP contribution in [0, 0.1) is 0 Å². The second kappa shape index (κ2) is 7.33. The molecule has 0 aromatic heterocycles. The molecule has 124 valence electrons. The topological polar surface area (TPSA) is 32.7 Å². The van der Waals surface area contributed by atoms with Gasteiger partial charge in [-0.05, 0) is 49.9 Å². The van der Waals surface area contributed by atoms with Gasteiger partial charge in [-0.15, -0.1) is 0 Å². The molecule has 2 atom stereocenters. The number of halogens is 3. The molecular weight excluding hydrogens is 295 g/mol. The first kappa shape index (κ1) is 17.1. The lowest BCUT2D eigenvalue weighted by molar-refractivity contribution is -0.208. The molecule has 0 spiro atoms. The van der Waals surface area contributed by atoms with E-state index in [9.17, 15) is 18.3 Å². The molecule has 1 fully saturated rings. The van der Waals surface area contributed by atoms with Crippen molar-refractivity contribution in [2.75, 3.05) is 26.2 Å². The van der Waals surface area contributed by atoms with Crippen LogP contribution in [-0.2, 0) is 0 Å². The number of β-amino-alcohol motifs (C(OH)–C–C–N with tert-alkyl or cyclic N) is 1. The van der Waals surface area contributed by atoms with Gasteiger partial charge < -0.3 is 9.84 Å². The maximum Gasteiger partial charge on any atom is 0.415 e. The monoisotopic (exact) mass is 317 g/mol. The first-order chi connectivity index (χ1) is 10.4. The van der Waals surface area contributed by atoms with Crippen molar-refractivity contribution in [2.45, 2.75) is 38.0 Å². The number of likely N-dealkylation sites (tertiary alicyclic amines) is 1. The van der Waals surface area contributed by atoms with Gasteiger partial charge in [-0.2, -0.15) is 13.2 Å². The van der Waals surface area contributed by atoms with Crippen molar-refractivity contribution in [1.82, 2.24) is 4.90 Å². The van der Waals surface area contributed by atoms with Gasteiger partial charge in [-0.1, -0.05) is 12.1 Å². The molecule has 1 saturated heterocycles. The van der Waals surface area contributed by atoms with Gasteiger partial charge in [0.2, 0.25) is 0 Å². The maximum absolute atomic E-state index is 12.5. The van der Waals surface area contributed by atoms with E-state index in [1.54, 1.807) is 4.90 Å². The van der Waals surface area contributed by atoms with Crippen molar-refractivity contribution in [2.24, 2.45) is 0 Å². The number of piperidine rings is 1. The molecule has 1 heterocycles. The minimum Gasteiger partial charge on any atom is -0.494 e. The fourth-order valence-electron chi connectivity index (χ4n) is 2.87. The molecule has 0 bridgehead atoms. The van der Waals surface area contributed by atoms with Gasteiger partial charge in [-0.25, -0.2) is 0 Å². The average Bonchev–Trinajstić information content (AvgIpc) is 2.47. The van der Waals surface area contributed by atoms with Crippen LogP contribution in [0.25, 0.3) is 0 Å². The first-order valence-corrected chi connectivity index (χ1v) is 7.60. The number of rotatable bonds is 5. The van der Waals surface area contributed by atoms with E-state index in [0.29, 0.717) is 19.7 Å². The Balaban J connectivity index is 1.99. The van der Waals surface area contributed by atoms with E-state index in [0.717, 1.165) is 24.2 Å². The predicted octanol–water partition coefficient (Wildman–Crippen LogP) is 3.19. The van der Waals surface area contributed by atoms with Crippen LogP contribution < -0.4 is 4.74 Å². The smallest absolute Gasteiger partial charge is 0.415 e. The van der Waals surface area contributed by atoms with Gasteiger partial charge in [-0.3, -0.25) is 4.90 Å². The number of hydrogen-bond acceptors (Lipinski definition) is 3. The van der Waals surface area contributed by atoms with Crippen LogP contribution in [0.1, 0.15) is 31.2 Å². The van der Waals surface area contributed by atoms with Crippen molar-refractivity contribution >= 4 is 0 Å². The molecule has 1 aliphatic rings. The van der Waals surface area contributed by atoms with Crippen LogP contribution in [0.2, 0.25) is 0 Å². The quantitative estimate of drug-likeness (QED) is 0.905. The summed E-state index contributed by atoms with van der Waals surface area (Å²) in [6.07, 6.45) is -5.06. The summed E-state index contributed by atoms with van der Waals surface area (Å²) in [4.78, 5) is 1.69. The summed E-state index contributed by atoms with van der Waals surface area (Å²) in [6.45, 7) is 3.26. The molecular formula is C16H22F3NO2. The number of benzene rings is 1. The lowest BCUT2D eigenvalue weighted by atomic mass is 9.90. The van der Waals surface area contributed by atoms with Crippen molar-refractivity contribution in [3.05, 3.63) is 29.8 Å². The van der Waals surface area contributed by atoms with E-state index in [1.165, 1.54) is 0 Å². The summed E-state index contributed by atoms with van der Waals surface area (Å²) < 4.78 is 42.9. The van der Waals surface area contributed by atoms with Crippen LogP contribution >= 0.6 is 0 Å². The van der Waals surface area contributed by atoms with Gasteiger partial charge in [0.05, 0.1) is 6.61 Å². The highest BCUT2D eigenvalue weighted by Crippen LogP contribution is 2.30. The highest BCUT2D eigenvalue weighted by molar-refractivity contribution is 5.31. The Morgan fingerprint density at radius 2 is 2.18 bits per heavy atom. The first-order valence-electron chi connectivity index (χ1n) is 7.60. The summed E-state index contributed by atoms with van der Waals surface area (Å²) >= 11 is 0. The third-order valence-electron chi connectivity index (χ3n) is 3.95. The lowest BCUT2D eigenvalue weighted by Crippen LogP contribution is -2.44. The van der Waals surface area contributed by atoms with E-state index in [2.05, 4.69) is 0 Å². The number of hydrogen-bond donors (Lipinski definition) is 1. The molecule has 1 aliphatic heterocycles. The predicted molar refractivity (Wildman–Crippen MR) is 78.1 cm³/mol.